The number of aromatic nitrogens is 3. The Bertz CT molecular complexity index is 1370. The molecule has 4 N–H and O–H groups in total. The molecular weight excluding hydrogens is 567 g/mol. The number of sulfonamides is 1. The normalized spacial score (nSPS) is 23.6. The summed E-state index contributed by atoms with van der Waals surface area (Å²) in [7, 11) is -8.96. The highest BCUT2D eigenvalue weighted by molar-refractivity contribution is 7.89. The molecule has 0 saturated carbocycles. The summed E-state index contributed by atoms with van der Waals surface area (Å²) in [6.07, 6.45) is -6.09. The number of rotatable bonds is 9. The number of nitrogens with two attached hydrogens (primary N) is 1. The molecule has 0 bridgehead atoms. The predicted molar refractivity (Wildman–Crippen MR) is 125 cm³/mol. The fourth-order valence-electron chi connectivity index (χ4n) is 3.74. The van der Waals surface area contributed by atoms with Gasteiger partial charge in [-0.3, -0.25) is 18.9 Å². The van der Waals surface area contributed by atoms with Crippen molar-refractivity contribution in [1.29, 1.82) is 0 Å². The minimum Gasteiger partial charge on any atom is -0.456 e. The van der Waals surface area contributed by atoms with Crippen LogP contribution in [-0.4, -0.2) is 82.1 Å². The van der Waals surface area contributed by atoms with Gasteiger partial charge in [-0.2, -0.15) is 0 Å². The molecule has 0 spiro atoms. The van der Waals surface area contributed by atoms with Crippen molar-refractivity contribution in [2.45, 2.75) is 56.3 Å². The van der Waals surface area contributed by atoms with Gasteiger partial charge >= 0.3 is 25.7 Å². The van der Waals surface area contributed by atoms with Gasteiger partial charge < -0.3 is 28.7 Å². The third-order valence-corrected chi connectivity index (χ3v) is 6.59. The monoisotopic (exact) mass is 592 g/mol. The molecular formula is C20H25N4O13PS. The smallest absolute Gasteiger partial charge is 0.456 e. The van der Waals surface area contributed by atoms with Crippen LogP contribution in [0.25, 0.3) is 11.3 Å². The van der Waals surface area contributed by atoms with Crippen molar-refractivity contribution in [2.24, 2.45) is 5.14 Å². The molecule has 5 atom stereocenters. The van der Waals surface area contributed by atoms with Gasteiger partial charge in [-0.25, -0.2) is 22.8 Å². The number of nitrogens with zero attached hydrogens (tertiary/aromatic N) is 3. The molecule has 2 aromatic rings. The molecule has 39 heavy (non-hydrogen) atoms. The van der Waals surface area contributed by atoms with Crippen LogP contribution in [0.4, 0.5) is 0 Å². The standard InChI is InChI=1S/C20H25N4O13PS/c1-10(25)34-17-16(9-33-38(28,29)30)37-20(19(36-12(3)27)18(17)35-11(2)26)24-8-15(22-23-24)13-4-6-14(7-5-13)39(21,31)32/h4-8,16-20H,9H2,1-3H3,(H2,21,31,32)(H2,28,29,30)/t16-,17-,18+,19-,20-/m1/s1. The first-order valence-electron chi connectivity index (χ1n) is 11.0. The first kappa shape index (κ1) is 30.3. The molecule has 1 saturated heterocycles. The molecule has 1 aromatic heterocycles. The molecule has 214 valence electrons. The van der Waals surface area contributed by atoms with Gasteiger partial charge in [-0.05, 0) is 12.1 Å². The van der Waals surface area contributed by atoms with Crippen LogP contribution >= 0.6 is 7.82 Å². The van der Waals surface area contributed by atoms with Crippen molar-refractivity contribution in [3.8, 4) is 11.3 Å². The first-order valence-corrected chi connectivity index (χ1v) is 14.0. The Morgan fingerprint density at radius 1 is 1.00 bits per heavy atom. The number of phosphoric acid groups is 1. The summed E-state index contributed by atoms with van der Waals surface area (Å²) in [5.74, 6) is -2.57. The van der Waals surface area contributed by atoms with Crippen LogP contribution in [0.5, 0.6) is 0 Å². The fraction of sp³-hybridized carbons (Fsp3) is 0.450. The van der Waals surface area contributed by atoms with Gasteiger partial charge in [0, 0.05) is 26.3 Å². The number of esters is 3. The Morgan fingerprint density at radius 2 is 1.54 bits per heavy atom. The number of carbonyl (C=O) groups excluding carboxylic acids is 3. The summed E-state index contributed by atoms with van der Waals surface area (Å²) < 4.78 is 61.8. The molecule has 0 amide bonds. The van der Waals surface area contributed by atoms with Gasteiger partial charge in [0.15, 0.2) is 24.5 Å². The summed E-state index contributed by atoms with van der Waals surface area (Å²) in [4.78, 5) is 54.0. The Labute approximate surface area is 221 Å². The lowest BCUT2D eigenvalue weighted by Crippen LogP contribution is -2.60. The first-order chi connectivity index (χ1) is 18.0. The van der Waals surface area contributed by atoms with Crippen molar-refractivity contribution in [1.82, 2.24) is 15.0 Å². The van der Waals surface area contributed by atoms with Crippen molar-refractivity contribution in [3.05, 3.63) is 30.5 Å². The Morgan fingerprint density at radius 3 is 2.05 bits per heavy atom. The van der Waals surface area contributed by atoms with Gasteiger partial charge in [-0.15, -0.1) is 5.10 Å². The van der Waals surface area contributed by atoms with Crippen molar-refractivity contribution in [2.75, 3.05) is 6.61 Å². The van der Waals surface area contributed by atoms with Crippen LogP contribution in [0.2, 0.25) is 0 Å². The maximum atomic E-state index is 12.0. The number of phosphoric ester groups is 1. The highest BCUT2D eigenvalue weighted by Crippen LogP contribution is 2.39. The summed E-state index contributed by atoms with van der Waals surface area (Å²) in [5, 5.41) is 13.1. The second-order valence-corrected chi connectivity index (χ2v) is 11.0. The molecule has 1 aromatic carbocycles. The third-order valence-electron chi connectivity index (χ3n) is 5.17. The van der Waals surface area contributed by atoms with E-state index in [0.29, 0.717) is 5.56 Å². The number of carbonyl (C=O) groups is 3. The molecule has 1 aliphatic rings. The largest absolute Gasteiger partial charge is 0.469 e. The summed E-state index contributed by atoms with van der Waals surface area (Å²) in [6, 6.07) is 5.32. The topological polar surface area (TPSA) is 246 Å². The van der Waals surface area contributed by atoms with E-state index in [0.717, 1.165) is 25.5 Å². The average molecular weight is 592 g/mol. The fourth-order valence-corrected chi connectivity index (χ4v) is 4.59. The quantitative estimate of drug-likeness (QED) is 0.187. The van der Waals surface area contributed by atoms with E-state index in [2.05, 4.69) is 14.8 Å². The summed E-state index contributed by atoms with van der Waals surface area (Å²) in [5.41, 5.74) is 0.611. The van der Waals surface area contributed by atoms with Crippen LogP contribution < -0.4 is 5.14 Å². The molecule has 2 heterocycles. The summed E-state index contributed by atoms with van der Waals surface area (Å²) in [6.45, 7) is 2.30. The second-order valence-electron chi connectivity index (χ2n) is 8.23. The molecule has 3 rings (SSSR count). The molecule has 0 unspecified atom stereocenters. The number of hydrogen-bond donors (Lipinski definition) is 3. The van der Waals surface area contributed by atoms with Crippen molar-refractivity contribution in [3.63, 3.8) is 0 Å². The van der Waals surface area contributed by atoms with E-state index >= 15 is 0 Å². The van der Waals surface area contributed by atoms with E-state index < -0.39 is 73.0 Å². The molecule has 1 aliphatic heterocycles. The maximum Gasteiger partial charge on any atom is 0.469 e. The lowest BCUT2D eigenvalue weighted by Gasteiger charge is -2.44. The zero-order chi connectivity index (χ0) is 29.1. The summed E-state index contributed by atoms with van der Waals surface area (Å²) >= 11 is 0. The van der Waals surface area contributed by atoms with E-state index in [4.69, 9.17) is 24.1 Å². The lowest BCUT2D eigenvalue weighted by molar-refractivity contribution is -0.268. The highest BCUT2D eigenvalue weighted by atomic mass is 32.2. The van der Waals surface area contributed by atoms with E-state index in [-0.39, 0.29) is 10.6 Å². The Balaban J connectivity index is 2.04. The third kappa shape index (κ3) is 8.12. The van der Waals surface area contributed by atoms with Crippen LogP contribution in [0, 0.1) is 0 Å². The van der Waals surface area contributed by atoms with Crippen LogP contribution in [0.1, 0.15) is 27.0 Å². The molecule has 0 aliphatic carbocycles. The van der Waals surface area contributed by atoms with Gasteiger partial charge in [0.25, 0.3) is 0 Å². The minimum absolute atomic E-state index is 0.141. The average Bonchev–Trinajstić information content (AvgIpc) is 3.28. The molecule has 0 radical (unpaired) electrons. The van der Waals surface area contributed by atoms with Crippen molar-refractivity contribution < 1.29 is 60.6 Å². The highest BCUT2D eigenvalue weighted by Gasteiger charge is 2.53. The van der Waals surface area contributed by atoms with E-state index in [1.54, 1.807) is 0 Å². The Hall–Kier alpha value is -3.25. The van der Waals surface area contributed by atoms with E-state index in [1.165, 1.54) is 30.5 Å². The van der Waals surface area contributed by atoms with Crippen LogP contribution in [0.15, 0.2) is 35.4 Å². The van der Waals surface area contributed by atoms with Crippen LogP contribution in [-0.2, 0) is 52.4 Å². The van der Waals surface area contributed by atoms with Gasteiger partial charge in [0.1, 0.15) is 11.8 Å². The maximum absolute atomic E-state index is 12.0. The molecule has 17 nitrogen and oxygen atoms in total. The second kappa shape index (κ2) is 11.9. The number of primary sulfonamides is 1. The van der Waals surface area contributed by atoms with E-state index in [9.17, 15) is 37.2 Å². The predicted octanol–water partition coefficient (Wildman–Crippen LogP) is -0.606. The molecule has 1 fully saturated rings. The van der Waals surface area contributed by atoms with Gasteiger partial charge in [-0.1, -0.05) is 17.3 Å². The molecule has 19 heteroatoms. The lowest BCUT2D eigenvalue weighted by atomic mass is 9.97. The van der Waals surface area contributed by atoms with E-state index in [1.807, 2.05) is 0 Å². The van der Waals surface area contributed by atoms with Gasteiger partial charge in [0.05, 0.1) is 17.7 Å². The Kier molecular flexibility index (Phi) is 9.22. The van der Waals surface area contributed by atoms with Crippen LogP contribution in [0.3, 0.4) is 0 Å². The SMILES string of the molecule is CC(=O)O[C@@H]1[C@@H](OC(C)=O)[C@H](n2cc(-c3ccc(S(N)(=O)=O)cc3)nn2)O[C@H](COP(=O)(O)O)[C@H]1OC(C)=O. The minimum atomic E-state index is -5.02. The number of ether oxygens (including phenoxy) is 4. The number of hydrogen-bond acceptors (Lipinski definition) is 13. The van der Waals surface area contributed by atoms with Gasteiger partial charge in [0.2, 0.25) is 10.0 Å². The number of benzene rings is 1. The zero-order valence-corrected chi connectivity index (χ0v) is 22.4. The zero-order valence-electron chi connectivity index (χ0n) is 20.6. The van der Waals surface area contributed by atoms with Crippen molar-refractivity contribution >= 4 is 35.8 Å².